The number of aryl methyl sites for hydroxylation is 1. The lowest BCUT2D eigenvalue weighted by Gasteiger charge is -2.05. The van der Waals surface area contributed by atoms with Gasteiger partial charge < -0.3 is 0 Å². The summed E-state index contributed by atoms with van der Waals surface area (Å²) >= 11 is 0. The van der Waals surface area contributed by atoms with Crippen LogP contribution in [0, 0.1) is 6.92 Å². The van der Waals surface area contributed by atoms with Crippen molar-refractivity contribution in [2.24, 2.45) is 0 Å². The van der Waals surface area contributed by atoms with E-state index < -0.39 is 0 Å². The minimum Gasteiger partial charge on any atom is -0.289 e. The fourth-order valence-corrected chi connectivity index (χ4v) is 2.22. The van der Waals surface area contributed by atoms with Gasteiger partial charge in [0.05, 0.1) is 5.69 Å². The Morgan fingerprint density at radius 1 is 0.857 bits per heavy atom. The van der Waals surface area contributed by atoms with Crippen LogP contribution in [0.1, 0.15) is 21.5 Å². The van der Waals surface area contributed by atoms with Gasteiger partial charge in [0.15, 0.2) is 5.78 Å². The van der Waals surface area contributed by atoms with Crippen molar-refractivity contribution in [3.63, 3.8) is 0 Å². The highest BCUT2D eigenvalue weighted by molar-refractivity contribution is 6.09. The van der Waals surface area contributed by atoms with Gasteiger partial charge in [-0.3, -0.25) is 9.78 Å². The average Bonchev–Trinajstić information content (AvgIpc) is 2.56. The molecule has 2 heteroatoms. The van der Waals surface area contributed by atoms with E-state index in [1.165, 1.54) is 0 Å². The maximum atomic E-state index is 12.5. The number of hydrogen-bond acceptors (Lipinski definition) is 2. The Hall–Kier alpha value is -2.74. The summed E-state index contributed by atoms with van der Waals surface area (Å²) < 4.78 is 0. The number of aromatic nitrogens is 1. The van der Waals surface area contributed by atoms with Crippen LogP contribution in [0.3, 0.4) is 0 Å². The van der Waals surface area contributed by atoms with Crippen molar-refractivity contribution < 1.29 is 4.79 Å². The summed E-state index contributed by atoms with van der Waals surface area (Å²) in [5, 5.41) is 0. The van der Waals surface area contributed by atoms with E-state index >= 15 is 0 Å². The molecule has 0 saturated carbocycles. The van der Waals surface area contributed by atoms with Crippen LogP contribution >= 0.6 is 0 Å². The zero-order chi connectivity index (χ0) is 14.7. The topological polar surface area (TPSA) is 30.0 Å². The van der Waals surface area contributed by atoms with Crippen LogP contribution in [0.5, 0.6) is 0 Å². The smallest absolute Gasteiger partial charge is 0.193 e. The van der Waals surface area contributed by atoms with Crippen LogP contribution in [-0.2, 0) is 0 Å². The van der Waals surface area contributed by atoms with Crippen LogP contribution in [0.2, 0.25) is 0 Å². The van der Waals surface area contributed by atoms with Gasteiger partial charge in [-0.05, 0) is 25.1 Å². The van der Waals surface area contributed by atoms with Crippen molar-refractivity contribution in [3.05, 3.63) is 89.6 Å². The highest BCUT2D eigenvalue weighted by Crippen LogP contribution is 2.19. The Morgan fingerprint density at radius 3 is 2.38 bits per heavy atom. The SMILES string of the molecule is Cc1ccc(C(=O)c2cccc(-c3ccccn3)c2)cc1. The molecule has 1 aromatic heterocycles. The van der Waals surface area contributed by atoms with E-state index in [-0.39, 0.29) is 5.78 Å². The van der Waals surface area contributed by atoms with Gasteiger partial charge in [0.25, 0.3) is 0 Å². The molecule has 3 aromatic rings. The summed E-state index contributed by atoms with van der Waals surface area (Å²) in [6.45, 7) is 2.01. The fraction of sp³-hybridized carbons (Fsp3) is 0.0526. The van der Waals surface area contributed by atoms with Crippen LogP contribution in [0.25, 0.3) is 11.3 Å². The van der Waals surface area contributed by atoms with E-state index in [2.05, 4.69) is 4.98 Å². The molecule has 0 atom stereocenters. The van der Waals surface area contributed by atoms with E-state index in [1.807, 2.05) is 73.7 Å². The predicted molar refractivity (Wildman–Crippen MR) is 84.3 cm³/mol. The van der Waals surface area contributed by atoms with E-state index in [1.54, 1.807) is 6.20 Å². The highest BCUT2D eigenvalue weighted by Gasteiger charge is 2.10. The standard InChI is InChI=1S/C19H15NO/c1-14-8-10-15(11-9-14)19(21)17-6-4-5-16(13-17)18-7-2-3-12-20-18/h2-13H,1H3. The van der Waals surface area contributed by atoms with Gasteiger partial charge in [-0.2, -0.15) is 0 Å². The van der Waals surface area contributed by atoms with Gasteiger partial charge in [0.2, 0.25) is 0 Å². The number of carbonyl (C=O) groups is 1. The molecule has 3 rings (SSSR count). The molecule has 102 valence electrons. The number of nitrogens with zero attached hydrogens (tertiary/aromatic N) is 1. The maximum absolute atomic E-state index is 12.5. The number of carbonyl (C=O) groups excluding carboxylic acids is 1. The number of rotatable bonds is 3. The Balaban J connectivity index is 1.96. The van der Waals surface area contributed by atoms with Crippen LogP contribution in [-0.4, -0.2) is 10.8 Å². The van der Waals surface area contributed by atoms with Crippen molar-refractivity contribution in [2.45, 2.75) is 6.92 Å². The Bertz CT molecular complexity index is 761. The van der Waals surface area contributed by atoms with E-state index in [0.29, 0.717) is 11.1 Å². The van der Waals surface area contributed by atoms with Gasteiger partial charge in [0, 0.05) is 22.9 Å². The van der Waals surface area contributed by atoms with Crippen LogP contribution in [0.15, 0.2) is 72.9 Å². The first kappa shape index (κ1) is 13.3. The first-order valence-electron chi connectivity index (χ1n) is 6.87. The Labute approximate surface area is 124 Å². The summed E-state index contributed by atoms with van der Waals surface area (Å²) in [7, 11) is 0. The number of pyridine rings is 1. The van der Waals surface area contributed by atoms with Gasteiger partial charge in [0.1, 0.15) is 0 Å². The van der Waals surface area contributed by atoms with Crippen molar-refractivity contribution >= 4 is 5.78 Å². The molecule has 0 radical (unpaired) electrons. The Morgan fingerprint density at radius 2 is 1.67 bits per heavy atom. The molecule has 0 N–H and O–H groups in total. The van der Waals surface area contributed by atoms with E-state index in [4.69, 9.17) is 0 Å². The lowest BCUT2D eigenvalue weighted by Crippen LogP contribution is -2.01. The molecular weight excluding hydrogens is 258 g/mol. The molecule has 0 saturated heterocycles. The second-order valence-corrected chi connectivity index (χ2v) is 4.99. The maximum Gasteiger partial charge on any atom is 0.193 e. The van der Waals surface area contributed by atoms with Gasteiger partial charge in [-0.15, -0.1) is 0 Å². The van der Waals surface area contributed by atoms with Crippen LogP contribution < -0.4 is 0 Å². The van der Waals surface area contributed by atoms with Crippen molar-refractivity contribution in [2.75, 3.05) is 0 Å². The largest absolute Gasteiger partial charge is 0.289 e. The third kappa shape index (κ3) is 2.90. The third-order valence-corrected chi connectivity index (χ3v) is 3.40. The first-order valence-corrected chi connectivity index (χ1v) is 6.87. The molecule has 0 amide bonds. The van der Waals surface area contributed by atoms with Gasteiger partial charge >= 0.3 is 0 Å². The number of hydrogen-bond donors (Lipinski definition) is 0. The third-order valence-electron chi connectivity index (χ3n) is 3.40. The molecular formula is C19H15NO. The van der Waals surface area contributed by atoms with Gasteiger partial charge in [-0.25, -0.2) is 0 Å². The molecule has 0 aliphatic heterocycles. The van der Waals surface area contributed by atoms with Crippen molar-refractivity contribution in [1.82, 2.24) is 4.98 Å². The molecule has 0 unspecified atom stereocenters. The molecule has 0 spiro atoms. The molecule has 0 bridgehead atoms. The average molecular weight is 273 g/mol. The summed E-state index contributed by atoms with van der Waals surface area (Å²) in [4.78, 5) is 16.8. The monoisotopic (exact) mass is 273 g/mol. The molecule has 21 heavy (non-hydrogen) atoms. The van der Waals surface area contributed by atoms with E-state index in [0.717, 1.165) is 16.8 Å². The number of benzene rings is 2. The summed E-state index contributed by atoms with van der Waals surface area (Å²) in [5.41, 5.74) is 4.36. The molecule has 2 aromatic carbocycles. The zero-order valence-corrected chi connectivity index (χ0v) is 11.8. The lowest BCUT2D eigenvalue weighted by atomic mass is 9.99. The first-order chi connectivity index (χ1) is 10.2. The molecule has 0 fully saturated rings. The normalized spacial score (nSPS) is 10.3. The second-order valence-electron chi connectivity index (χ2n) is 4.99. The van der Waals surface area contributed by atoms with Crippen molar-refractivity contribution in [3.8, 4) is 11.3 Å². The van der Waals surface area contributed by atoms with E-state index in [9.17, 15) is 4.79 Å². The Kier molecular flexibility index (Phi) is 3.61. The highest BCUT2D eigenvalue weighted by atomic mass is 16.1. The zero-order valence-electron chi connectivity index (χ0n) is 11.8. The summed E-state index contributed by atoms with van der Waals surface area (Å²) in [6, 6.07) is 21.0. The lowest BCUT2D eigenvalue weighted by molar-refractivity contribution is 0.103. The predicted octanol–water partition coefficient (Wildman–Crippen LogP) is 4.29. The molecule has 1 heterocycles. The molecule has 0 aliphatic carbocycles. The van der Waals surface area contributed by atoms with Crippen LogP contribution in [0.4, 0.5) is 0 Å². The quantitative estimate of drug-likeness (QED) is 0.666. The number of ketones is 1. The van der Waals surface area contributed by atoms with Gasteiger partial charge in [-0.1, -0.05) is 54.1 Å². The summed E-state index contributed by atoms with van der Waals surface area (Å²) in [5.74, 6) is 0.0350. The molecule has 2 nitrogen and oxygen atoms in total. The minimum absolute atomic E-state index is 0.0350. The minimum atomic E-state index is 0.0350. The second kappa shape index (κ2) is 5.71. The summed E-state index contributed by atoms with van der Waals surface area (Å²) in [6.07, 6.45) is 1.75. The molecule has 0 aliphatic rings. The van der Waals surface area contributed by atoms with Crippen molar-refractivity contribution in [1.29, 1.82) is 0 Å². The fourth-order valence-electron chi connectivity index (χ4n) is 2.22.